The van der Waals surface area contributed by atoms with Crippen LogP contribution in [0.1, 0.15) is 35.2 Å². The number of piperidine rings is 1. The van der Waals surface area contributed by atoms with Crippen LogP contribution in [0.5, 0.6) is 5.75 Å². The normalized spacial score (nSPS) is 16.5. The summed E-state index contributed by atoms with van der Waals surface area (Å²) in [6, 6.07) is 5.77. The highest BCUT2D eigenvalue weighted by molar-refractivity contribution is 5.96. The van der Waals surface area contributed by atoms with Gasteiger partial charge in [-0.25, -0.2) is 0 Å². The zero-order valence-corrected chi connectivity index (χ0v) is 13.6. The van der Waals surface area contributed by atoms with E-state index in [4.69, 9.17) is 10.5 Å². The highest BCUT2D eigenvalue weighted by atomic mass is 16.5. The number of nitrogens with one attached hydrogen (secondary N) is 1. The molecule has 0 unspecified atom stereocenters. The number of carbonyl (C=O) groups excluding carboxylic acids is 1. The summed E-state index contributed by atoms with van der Waals surface area (Å²) in [5.41, 5.74) is 7.23. The van der Waals surface area contributed by atoms with Crippen LogP contribution in [0.4, 0.5) is 0 Å². The van der Waals surface area contributed by atoms with E-state index < -0.39 is 0 Å². The molecule has 22 heavy (non-hydrogen) atoms. The van der Waals surface area contributed by atoms with Crippen molar-refractivity contribution in [3.63, 3.8) is 0 Å². The fraction of sp³-hybridized carbons (Fsp3) is 0.588. The summed E-state index contributed by atoms with van der Waals surface area (Å²) >= 11 is 0. The zero-order chi connectivity index (χ0) is 15.9. The van der Waals surface area contributed by atoms with Crippen LogP contribution < -0.4 is 15.8 Å². The maximum atomic E-state index is 12.0. The molecule has 2 rings (SSSR count). The number of hydrogen-bond acceptors (Lipinski definition) is 4. The largest absolute Gasteiger partial charge is 0.489 e. The van der Waals surface area contributed by atoms with Gasteiger partial charge in [0, 0.05) is 20.1 Å². The Labute approximate surface area is 132 Å². The minimum Gasteiger partial charge on any atom is -0.489 e. The smallest absolute Gasteiger partial charge is 0.254 e. The highest BCUT2D eigenvalue weighted by Gasteiger charge is 2.22. The molecule has 1 heterocycles. The molecule has 122 valence electrons. The van der Waals surface area contributed by atoms with Gasteiger partial charge in [-0.1, -0.05) is 11.6 Å². The van der Waals surface area contributed by atoms with Crippen molar-refractivity contribution in [1.82, 2.24) is 10.2 Å². The Bertz CT molecular complexity index is 497. The van der Waals surface area contributed by atoms with Crippen molar-refractivity contribution < 1.29 is 9.53 Å². The maximum absolute atomic E-state index is 12.0. The van der Waals surface area contributed by atoms with Crippen LogP contribution in [-0.2, 0) is 0 Å². The van der Waals surface area contributed by atoms with Crippen LogP contribution >= 0.6 is 0 Å². The molecule has 0 radical (unpaired) electrons. The molecule has 0 aromatic heterocycles. The van der Waals surface area contributed by atoms with Crippen LogP contribution in [0.3, 0.4) is 0 Å². The van der Waals surface area contributed by atoms with Gasteiger partial charge in [-0.05, 0) is 51.4 Å². The lowest BCUT2D eigenvalue weighted by Crippen LogP contribution is -2.39. The molecule has 0 bridgehead atoms. The Kier molecular flexibility index (Phi) is 6.21. The van der Waals surface area contributed by atoms with Crippen molar-refractivity contribution in [3.8, 4) is 5.75 Å². The molecule has 3 N–H and O–H groups in total. The van der Waals surface area contributed by atoms with Crippen molar-refractivity contribution in [1.29, 1.82) is 0 Å². The average molecular weight is 305 g/mol. The number of carbonyl (C=O) groups is 1. The quantitative estimate of drug-likeness (QED) is 0.837. The average Bonchev–Trinajstić information content (AvgIpc) is 2.55. The molecule has 0 saturated carbocycles. The molecule has 1 aliphatic rings. The molecular formula is C17H27N3O2. The Morgan fingerprint density at radius 3 is 2.77 bits per heavy atom. The predicted octanol–water partition coefficient (Wildman–Crippen LogP) is 1.55. The highest BCUT2D eigenvalue weighted by Crippen LogP contribution is 2.24. The molecule has 1 amide bonds. The Morgan fingerprint density at radius 2 is 2.14 bits per heavy atom. The van der Waals surface area contributed by atoms with E-state index in [2.05, 4.69) is 10.2 Å². The summed E-state index contributed by atoms with van der Waals surface area (Å²) in [5, 5.41) is 2.68. The van der Waals surface area contributed by atoms with Crippen LogP contribution in [0, 0.1) is 6.92 Å². The second kappa shape index (κ2) is 8.15. The van der Waals surface area contributed by atoms with E-state index in [0.29, 0.717) is 11.3 Å². The van der Waals surface area contributed by atoms with Gasteiger partial charge in [0.2, 0.25) is 0 Å². The molecule has 5 heteroatoms. The van der Waals surface area contributed by atoms with Crippen molar-refractivity contribution in [2.75, 3.05) is 33.2 Å². The first-order valence-electron chi connectivity index (χ1n) is 8.06. The van der Waals surface area contributed by atoms with E-state index in [1.807, 2.05) is 25.1 Å². The number of hydrogen-bond donors (Lipinski definition) is 2. The van der Waals surface area contributed by atoms with E-state index >= 15 is 0 Å². The predicted molar refractivity (Wildman–Crippen MR) is 88.3 cm³/mol. The van der Waals surface area contributed by atoms with Gasteiger partial charge in [-0.15, -0.1) is 0 Å². The fourth-order valence-electron chi connectivity index (χ4n) is 2.80. The lowest BCUT2D eigenvalue weighted by molar-refractivity contribution is 0.0911. The minimum atomic E-state index is -0.0981. The number of amides is 1. The molecule has 0 aliphatic carbocycles. The molecule has 1 aliphatic heterocycles. The fourth-order valence-corrected chi connectivity index (χ4v) is 2.80. The zero-order valence-electron chi connectivity index (χ0n) is 13.6. The number of benzene rings is 1. The van der Waals surface area contributed by atoms with Gasteiger partial charge >= 0.3 is 0 Å². The van der Waals surface area contributed by atoms with Gasteiger partial charge < -0.3 is 20.7 Å². The van der Waals surface area contributed by atoms with Crippen molar-refractivity contribution in [2.45, 2.75) is 32.3 Å². The number of rotatable bonds is 6. The Balaban J connectivity index is 1.96. The number of ether oxygens (including phenoxy) is 1. The topological polar surface area (TPSA) is 67.6 Å². The molecule has 0 spiro atoms. The summed E-state index contributed by atoms with van der Waals surface area (Å²) in [6.07, 6.45) is 3.21. The molecule has 0 atom stereocenters. The van der Waals surface area contributed by atoms with Crippen molar-refractivity contribution in [3.05, 3.63) is 29.3 Å². The van der Waals surface area contributed by atoms with E-state index in [1.165, 1.54) is 0 Å². The maximum Gasteiger partial charge on any atom is 0.254 e. The van der Waals surface area contributed by atoms with Gasteiger partial charge in [0.05, 0.1) is 5.56 Å². The van der Waals surface area contributed by atoms with Gasteiger partial charge in [-0.3, -0.25) is 4.79 Å². The second-order valence-corrected chi connectivity index (χ2v) is 5.88. The lowest BCUT2D eigenvalue weighted by atomic mass is 10.1. The number of nitrogens with zero attached hydrogens (tertiary/aromatic N) is 1. The first-order chi connectivity index (χ1) is 10.6. The van der Waals surface area contributed by atoms with Gasteiger partial charge in [-0.2, -0.15) is 0 Å². The van der Waals surface area contributed by atoms with E-state index in [1.54, 1.807) is 7.05 Å². The number of likely N-dealkylation sites (tertiary alicyclic amines) is 1. The molecule has 5 nitrogen and oxygen atoms in total. The number of nitrogens with two attached hydrogens (primary N) is 1. The Morgan fingerprint density at radius 1 is 1.41 bits per heavy atom. The molecule has 1 saturated heterocycles. The summed E-state index contributed by atoms with van der Waals surface area (Å²) in [7, 11) is 1.64. The summed E-state index contributed by atoms with van der Waals surface area (Å²) in [4.78, 5) is 14.4. The monoisotopic (exact) mass is 305 g/mol. The van der Waals surface area contributed by atoms with Crippen LogP contribution in [0.15, 0.2) is 18.2 Å². The third kappa shape index (κ3) is 4.45. The van der Waals surface area contributed by atoms with Crippen molar-refractivity contribution >= 4 is 5.91 Å². The Hall–Kier alpha value is -1.59. The van der Waals surface area contributed by atoms with Gasteiger partial charge in [0.15, 0.2) is 0 Å². The first-order valence-corrected chi connectivity index (χ1v) is 8.06. The molecule has 1 aromatic rings. The van der Waals surface area contributed by atoms with Gasteiger partial charge in [0.1, 0.15) is 11.9 Å². The first kappa shape index (κ1) is 16.8. The SMILES string of the molecule is CNC(=O)c1cc(C)ccc1OC1CCN(CCCN)CC1. The molecular weight excluding hydrogens is 278 g/mol. The third-order valence-electron chi connectivity index (χ3n) is 4.11. The molecule has 1 aromatic carbocycles. The summed E-state index contributed by atoms with van der Waals surface area (Å²) in [5.74, 6) is 0.587. The standard InChI is InChI=1S/C17H27N3O2/c1-13-4-5-16(15(12-13)17(21)19-2)22-14-6-10-20(11-7-14)9-3-8-18/h4-5,12,14H,3,6-11,18H2,1-2H3,(H,19,21). The van der Waals surface area contributed by atoms with E-state index in [9.17, 15) is 4.79 Å². The second-order valence-electron chi connectivity index (χ2n) is 5.88. The molecule has 1 fully saturated rings. The van der Waals surface area contributed by atoms with Crippen LogP contribution in [-0.4, -0.2) is 50.1 Å². The van der Waals surface area contributed by atoms with Crippen LogP contribution in [0.2, 0.25) is 0 Å². The van der Waals surface area contributed by atoms with Gasteiger partial charge in [0.25, 0.3) is 5.91 Å². The third-order valence-corrected chi connectivity index (χ3v) is 4.11. The van der Waals surface area contributed by atoms with E-state index in [-0.39, 0.29) is 12.0 Å². The summed E-state index contributed by atoms with van der Waals surface area (Å²) < 4.78 is 6.11. The van der Waals surface area contributed by atoms with Crippen LogP contribution in [0.25, 0.3) is 0 Å². The number of aryl methyl sites for hydroxylation is 1. The minimum absolute atomic E-state index is 0.0981. The summed E-state index contributed by atoms with van der Waals surface area (Å²) in [6.45, 7) is 5.86. The van der Waals surface area contributed by atoms with Crippen molar-refractivity contribution in [2.24, 2.45) is 5.73 Å². The van der Waals surface area contributed by atoms with E-state index in [0.717, 1.165) is 51.0 Å². The lowest BCUT2D eigenvalue weighted by Gasteiger charge is -2.32.